The van der Waals surface area contributed by atoms with Crippen LogP contribution >= 0.6 is 23.4 Å². The van der Waals surface area contributed by atoms with Gasteiger partial charge in [-0.15, -0.1) is 0 Å². The predicted octanol–water partition coefficient (Wildman–Crippen LogP) is 5.02. The Hall–Kier alpha value is -2.09. The number of rotatable bonds is 8. The third-order valence-electron chi connectivity index (χ3n) is 4.61. The summed E-state index contributed by atoms with van der Waals surface area (Å²) in [5.74, 6) is 0.396. The van der Waals surface area contributed by atoms with Crippen molar-refractivity contribution >= 4 is 45.9 Å². The second-order valence-electron chi connectivity index (χ2n) is 7.19. The summed E-state index contributed by atoms with van der Waals surface area (Å²) in [5.41, 5.74) is 9.73. The van der Waals surface area contributed by atoms with Crippen molar-refractivity contribution < 1.29 is 0 Å². The van der Waals surface area contributed by atoms with Crippen LogP contribution in [0.4, 0.5) is 5.82 Å². The number of nitrogens with one attached hydrogen (secondary N) is 1. The number of aromatic nitrogens is 4. The lowest BCUT2D eigenvalue weighted by Crippen LogP contribution is -2.24. The molecule has 6 nitrogen and oxygen atoms in total. The quantitative estimate of drug-likeness (QED) is 0.488. The van der Waals surface area contributed by atoms with Crippen molar-refractivity contribution in [1.29, 1.82) is 0 Å². The molecule has 0 fully saturated rings. The Labute approximate surface area is 181 Å². The molecule has 3 aromatic rings. The predicted molar refractivity (Wildman–Crippen MR) is 122 cm³/mol. The van der Waals surface area contributed by atoms with E-state index in [2.05, 4.69) is 52.8 Å². The van der Waals surface area contributed by atoms with E-state index in [1.165, 1.54) is 11.9 Å². The first-order valence-electron chi connectivity index (χ1n) is 9.71. The number of imidazole rings is 1. The van der Waals surface area contributed by atoms with Crippen molar-refractivity contribution in [3.05, 3.63) is 41.2 Å². The van der Waals surface area contributed by atoms with E-state index in [1.807, 2.05) is 19.1 Å². The maximum Gasteiger partial charge on any atom is 0.175 e. The molecule has 0 spiro atoms. The molecule has 2 aromatic heterocycles. The van der Waals surface area contributed by atoms with Crippen molar-refractivity contribution in [2.24, 2.45) is 0 Å². The lowest BCUT2D eigenvalue weighted by atomic mass is 10.1. The smallest absolute Gasteiger partial charge is 0.175 e. The second-order valence-corrected chi connectivity index (χ2v) is 8.67. The van der Waals surface area contributed by atoms with E-state index in [0.29, 0.717) is 22.4 Å². The molecule has 154 valence electrons. The highest BCUT2D eigenvalue weighted by atomic mass is 35.5. The fourth-order valence-corrected chi connectivity index (χ4v) is 4.27. The molecule has 0 aliphatic carbocycles. The van der Waals surface area contributed by atoms with Crippen molar-refractivity contribution in [2.45, 2.75) is 56.8 Å². The summed E-state index contributed by atoms with van der Waals surface area (Å²) in [6, 6.07) is 6.52. The Morgan fingerprint density at radius 2 is 2.10 bits per heavy atom. The van der Waals surface area contributed by atoms with E-state index in [9.17, 15) is 0 Å². The van der Waals surface area contributed by atoms with Gasteiger partial charge in [-0.05, 0) is 56.1 Å². The summed E-state index contributed by atoms with van der Waals surface area (Å²) in [7, 11) is 0. The number of nitrogens with zero attached hydrogens (tertiary/aromatic N) is 4. The Kier molecular flexibility index (Phi) is 7.16. The van der Waals surface area contributed by atoms with E-state index in [0.717, 1.165) is 40.8 Å². The Morgan fingerprint density at radius 3 is 2.83 bits per heavy atom. The molecule has 0 radical (unpaired) electrons. The zero-order valence-electron chi connectivity index (χ0n) is 17.2. The molecule has 0 bridgehead atoms. The standard InChI is InChI=1S/C21H27ClN6S/c1-5-14(4)15-9-16(22)11-17(10-15)29-21-27-18-19(23)25-12-26-20(18)28(21)8-6-7-24-13(2)3/h5,9-13,24H,6-8H2,1-4H3,(H2,23,25,26)/b14-5+. The number of aryl methyl sites for hydroxylation is 1. The third kappa shape index (κ3) is 5.29. The molecule has 3 N–H and O–H groups in total. The normalized spacial score (nSPS) is 12.3. The summed E-state index contributed by atoms with van der Waals surface area (Å²) in [5, 5.41) is 4.99. The Morgan fingerprint density at radius 1 is 1.31 bits per heavy atom. The van der Waals surface area contributed by atoms with Crippen LogP contribution in [-0.2, 0) is 6.54 Å². The van der Waals surface area contributed by atoms with Gasteiger partial charge in [0.05, 0.1) is 0 Å². The monoisotopic (exact) mass is 430 g/mol. The molecule has 0 aliphatic heterocycles. The zero-order chi connectivity index (χ0) is 21.0. The van der Waals surface area contributed by atoms with Gasteiger partial charge in [-0.3, -0.25) is 0 Å². The number of halogens is 1. The topological polar surface area (TPSA) is 81.7 Å². The molecule has 3 rings (SSSR count). The molecule has 0 saturated carbocycles. The molecular weight excluding hydrogens is 404 g/mol. The SMILES string of the molecule is C/C=C(\C)c1cc(Cl)cc(Sc2nc3c(N)ncnc3n2CCCNC(C)C)c1. The molecule has 0 saturated heterocycles. The minimum absolute atomic E-state index is 0.396. The molecule has 0 aliphatic rings. The molecule has 1 aromatic carbocycles. The van der Waals surface area contributed by atoms with Crippen LogP contribution in [0.5, 0.6) is 0 Å². The average molecular weight is 431 g/mol. The highest BCUT2D eigenvalue weighted by Gasteiger charge is 2.16. The first kappa shape index (κ1) is 21.6. The van der Waals surface area contributed by atoms with Crippen LogP contribution in [0.1, 0.15) is 39.7 Å². The molecule has 29 heavy (non-hydrogen) atoms. The number of anilines is 1. The van der Waals surface area contributed by atoms with Crippen molar-refractivity contribution in [3.8, 4) is 0 Å². The fraction of sp³-hybridized carbons (Fsp3) is 0.381. The number of nitrogens with two attached hydrogens (primary N) is 1. The summed E-state index contributed by atoms with van der Waals surface area (Å²) >= 11 is 7.94. The van der Waals surface area contributed by atoms with Crippen molar-refractivity contribution in [2.75, 3.05) is 12.3 Å². The van der Waals surface area contributed by atoms with Gasteiger partial charge in [-0.2, -0.15) is 0 Å². The van der Waals surface area contributed by atoms with Crippen LogP contribution in [0, 0.1) is 0 Å². The van der Waals surface area contributed by atoms with Crippen molar-refractivity contribution in [3.63, 3.8) is 0 Å². The minimum atomic E-state index is 0.396. The minimum Gasteiger partial charge on any atom is -0.382 e. The molecule has 0 unspecified atom stereocenters. The van der Waals surface area contributed by atoms with Gasteiger partial charge in [0.15, 0.2) is 22.1 Å². The van der Waals surface area contributed by atoms with Crippen molar-refractivity contribution in [1.82, 2.24) is 24.8 Å². The van der Waals surface area contributed by atoms with Crippen LogP contribution in [0.25, 0.3) is 16.7 Å². The molecule has 8 heteroatoms. The van der Waals surface area contributed by atoms with Gasteiger partial charge in [0.1, 0.15) is 6.33 Å². The first-order valence-corrected chi connectivity index (χ1v) is 10.9. The number of hydrogen-bond acceptors (Lipinski definition) is 6. The van der Waals surface area contributed by atoms with Crippen LogP contribution in [-0.4, -0.2) is 32.1 Å². The highest BCUT2D eigenvalue weighted by molar-refractivity contribution is 7.99. The fourth-order valence-electron chi connectivity index (χ4n) is 2.96. The molecule has 0 atom stereocenters. The largest absolute Gasteiger partial charge is 0.382 e. The van der Waals surface area contributed by atoms with E-state index in [1.54, 1.807) is 11.8 Å². The van der Waals surface area contributed by atoms with Gasteiger partial charge in [-0.25, -0.2) is 15.0 Å². The number of allylic oxidation sites excluding steroid dienone is 2. The highest BCUT2D eigenvalue weighted by Crippen LogP contribution is 2.34. The van der Waals surface area contributed by atoms with Gasteiger partial charge in [-0.1, -0.05) is 43.3 Å². The van der Waals surface area contributed by atoms with Crippen LogP contribution in [0.3, 0.4) is 0 Å². The third-order valence-corrected chi connectivity index (χ3v) is 5.79. The Bertz CT molecular complexity index is 1030. The summed E-state index contributed by atoms with van der Waals surface area (Å²) in [6.45, 7) is 10.1. The van der Waals surface area contributed by atoms with Gasteiger partial charge < -0.3 is 15.6 Å². The van der Waals surface area contributed by atoms with E-state index < -0.39 is 0 Å². The zero-order valence-corrected chi connectivity index (χ0v) is 18.8. The maximum absolute atomic E-state index is 6.37. The van der Waals surface area contributed by atoms with Gasteiger partial charge in [0.2, 0.25) is 0 Å². The first-order chi connectivity index (χ1) is 13.9. The van der Waals surface area contributed by atoms with Gasteiger partial charge >= 0.3 is 0 Å². The van der Waals surface area contributed by atoms with Crippen LogP contribution in [0.15, 0.2) is 40.7 Å². The van der Waals surface area contributed by atoms with E-state index >= 15 is 0 Å². The summed E-state index contributed by atoms with van der Waals surface area (Å²) < 4.78 is 2.11. The second kappa shape index (κ2) is 9.61. The lowest BCUT2D eigenvalue weighted by Gasteiger charge is -2.11. The molecule has 0 amide bonds. The van der Waals surface area contributed by atoms with E-state index in [-0.39, 0.29) is 0 Å². The van der Waals surface area contributed by atoms with Crippen LogP contribution < -0.4 is 11.1 Å². The van der Waals surface area contributed by atoms with Gasteiger partial charge in [0.25, 0.3) is 0 Å². The number of nitrogen functional groups attached to an aromatic ring is 1. The maximum atomic E-state index is 6.37. The summed E-state index contributed by atoms with van der Waals surface area (Å²) in [4.78, 5) is 14.3. The lowest BCUT2D eigenvalue weighted by molar-refractivity contribution is 0.525. The van der Waals surface area contributed by atoms with Crippen LogP contribution in [0.2, 0.25) is 5.02 Å². The molecule has 2 heterocycles. The van der Waals surface area contributed by atoms with Gasteiger partial charge in [0, 0.05) is 22.5 Å². The average Bonchev–Trinajstić information content (AvgIpc) is 3.02. The summed E-state index contributed by atoms with van der Waals surface area (Å²) in [6.07, 6.45) is 4.52. The molecular formula is C21H27ClN6S. The van der Waals surface area contributed by atoms with E-state index in [4.69, 9.17) is 22.3 Å². The number of fused-ring (bicyclic) bond motifs is 1. The number of benzene rings is 1. The number of hydrogen-bond donors (Lipinski definition) is 2. The Balaban J connectivity index is 1.95.